The van der Waals surface area contributed by atoms with E-state index in [9.17, 15) is 4.79 Å². The molecule has 0 saturated carbocycles. The van der Waals surface area contributed by atoms with E-state index in [-0.39, 0.29) is 18.4 Å². The molecule has 0 aliphatic carbocycles. The summed E-state index contributed by atoms with van der Waals surface area (Å²) in [5.74, 6) is 0.338. The van der Waals surface area contributed by atoms with Gasteiger partial charge in [-0.05, 0) is 37.1 Å². The summed E-state index contributed by atoms with van der Waals surface area (Å²) < 4.78 is 0. The highest BCUT2D eigenvalue weighted by atomic mass is 35.5. The van der Waals surface area contributed by atoms with Gasteiger partial charge in [0.05, 0.1) is 5.92 Å². The summed E-state index contributed by atoms with van der Waals surface area (Å²) in [6, 6.07) is 7.51. The van der Waals surface area contributed by atoms with Crippen LogP contribution in [0.3, 0.4) is 0 Å². The fraction of sp³-hybridized carbons (Fsp3) is 0.611. The number of benzene rings is 1. The van der Waals surface area contributed by atoms with Gasteiger partial charge in [0.2, 0.25) is 5.91 Å². The number of halogens is 1. The van der Waals surface area contributed by atoms with Gasteiger partial charge in [0, 0.05) is 63.1 Å². The highest BCUT2D eigenvalue weighted by Gasteiger charge is 2.34. The number of carbonyl (C=O) groups is 1. The fourth-order valence-electron chi connectivity index (χ4n) is 3.59. The van der Waals surface area contributed by atoms with Crippen LogP contribution in [0.2, 0.25) is 5.02 Å². The number of aliphatic hydroxyl groups excluding tert-OH is 1. The number of rotatable bonds is 6. The molecule has 3 rings (SSSR count). The lowest BCUT2D eigenvalue weighted by Crippen LogP contribution is -2.48. The van der Waals surface area contributed by atoms with Crippen LogP contribution in [0.4, 0.5) is 5.69 Å². The van der Waals surface area contributed by atoms with E-state index in [4.69, 9.17) is 16.7 Å². The minimum Gasteiger partial charge on any atom is -0.396 e. The lowest BCUT2D eigenvalue weighted by Gasteiger charge is -2.35. The van der Waals surface area contributed by atoms with Crippen LogP contribution in [0.15, 0.2) is 24.3 Å². The fourth-order valence-corrected chi connectivity index (χ4v) is 3.71. The summed E-state index contributed by atoms with van der Waals surface area (Å²) in [4.78, 5) is 19.4. The molecule has 1 atom stereocenters. The van der Waals surface area contributed by atoms with Crippen molar-refractivity contribution in [2.24, 2.45) is 5.92 Å². The molecule has 132 valence electrons. The van der Waals surface area contributed by atoms with Crippen molar-refractivity contribution >= 4 is 23.2 Å². The number of nitrogens with zero attached hydrogens (tertiary/aromatic N) is 3. The van der Waals surface area contributed by atoms with Crippen molar-refractivity contribution < 1.29 is 9.90 Å². The third kappa shape index (κ3) is 4.28. The van der Waals surface area contributed by atoms with Crippen molar-refractivity contribution in [3.05, 3.63) is 29.3 Å². The molecule has 0 radical (unpaired) electrons. The lowest BCUT2D eigenvalue weighted by molar-refractivity contribution is -0.121. The van der Waals surface area contributed by atoms with E-state index in [1.165, 1.54) is 0 Å². The average molecular weight is 352 g/mol. The Morgan fingerprint density at radius 2 is 1.71 bits per heavy atom. The number of hydrogen-bond acceptors (Lipinski definition) is 4. The highest BCUT2D eigenvalue weighted by Crippen LogP contribution is 2.27. The first-order valence-electron chi connectivity index (χ1n) is 8.80. The molecule has 2 aliphatic rings. The van der Waals surface area contributed by atoms with Crippen LogP contribution in [0.1, 0.15) is 12.8 Å². The van der Waals surface area contributed by atoms with Gasteiger partial charge in [-0.2, -0.15) is 0 Å². The van der Waals surface area contributed by atoms with Crippen molar-refractivity contribution in [3.8, 4) is 0 Å². The van der Waals surface area contributed by atoms with Crippen molar-refractivity contribution in [1.82, 2.24) is 9.80 Å². The van der Waals surface area contributed by atoms with Gasteiger partial charge >= 0.3 is 0 Å². The van der Waals surface area contributed by atoms with E-state index < -0.39 is 0 Å². The molecular weight excluding hydrogens is 326 g/mol. The molecule has 2 heterocycles. The molecule has 2 fully saturated rings. The molecule has 2 aliphatic heterocycles. The van der Waals surface area contributed by atoms with Crippen LogP contribution < -0.4 is 4.90 Å². The van der Waals surface area contributed by atoms with Gasteiger partial charge in [-0.1, -0.05) is 11.6 Å². The van der Waals surface area contributed by atoms with Crippen molar-refractivity contribution in [3.63, 3.8) is 0 Å². The van der Waals surface area contributed by atoms with E-state index in [1.807, 2.05) is 29.2 Å². The van der Waals surface area contributed by atoms with Crippen LogP contribution in [0.5, 0.6) is 0 Å². The molecule has 0 aromatic heterocycles. The number of carbonyl (C=O) groups excluding carboxylic acids is 1. The molecule has 24 heavy (non-hydrogen) atoms. The van der Waals surface area contributed by atoms with Crippen LogP contribution in [0, 0.1) is 5.92 Å². The first-order valence-corrected chi connectivity index (χ1v) is 9.17. The molecule has 0 spiro atoms. The molecular formula is C18H26ClN3O2. The second-order valence-corrected chi connectivity index (χ2v) is 7.11. The largest absolute Gasteiger partial charge is 0.396 e. The summed E-state index contributed by atoms with van der Waals surface area (Å²) >= 11 is 5.93. The van der Waals surface area contributed by atoms with Crippen molar-refractivity contribution in [2.75, 3.05) is 57.3 Å². The molecule has 1 unspecified atom stereocenters. The smallest absolute Gasteiger partial charge is 0.231 e. The summed E-state index contributed by atoms with van der Waals surface area (Å²) in [6.45, 7) is 6.96. The number of aliphatic hydroxyl groups is 1. The van der Waals surface area contributed by atoms with E-state index in [1.54, 1.807) is 0 Å². The standard InChI is InChI=1S/C18H26ClN3O2/c19-16-2-4-17(5-3-16)22-8-6-15(18(22)24)14-21-11-9-20(10-12-21)7-1-13-23/h2-5,15,23H,1,6-14H2. The monoisotopic (exact) mass is 351 g/mol. The van der Waals surface area contributed by atoms with E-state index in [0.717, 1.165) is 64.3 Å². The Labute approximate surface area is 148 Å². The van der Waals surface area contributed by atoms with Crippen LogP contribution in [-0.4, -0.2) is 73.2 Å². The van der Waals surface area contributed by atoms with E-state index >= 15 is 0 Å². The summed E-state index contributed by atoms with van der Waals surface area (Å²) in [6.07, 6.45) is 1.77. The first kappa shape index (κ1) is 17.7. The number of piperazine rings is 1. The maximum Gasteiger partial charge on any atom is 0.231 e. The van der Waals surface area contributed by atoms with Gasteiger partial charge in [-0.15, -0.1) is 0 Å². The highest BCUT2D eigenvalue weighted by molar-refractivity contribution is 6.30. The van der Waals surface area contributed by atoms with Crippen molar-refractivity contribution in [1.29, 1.82) is 0 Å². The molecule has 2 saturated heterocycles. The SMILES string of the molecule is O=C1C(CN2CCN(CCCO)CC2)CCN1c1ccc(Cl)cc1. The minimum atomic E-state index is 0.102. The Hall–Kier alpha value is -1.14. The number of hydrogen-bond donors (Lipinski definition) is 1. The Bertz CT molecular complexity index is 544. The Morgan fingerprint density at radius 1 is 1.04 bits per heavy atom. The van der Waals surface area contributed by atoms with Crippen LogP contribution in [0.25, 0.3) is 0 Å². The number of amides is 1. The minimum absolute atomic E-state index is 0.102. The Kier molecular flexibility index (Phi) is 6.11. The lowest BCUT2D eigenvalue weighted by atomic mass is 10.1. The normalized spacial score (nSPS) is 23.2. The zero-order valence-electron chi connectivity index (χ0n) is 14.0. The zero-order chi connectivity index (χ0) is 16.9. The molecule has 0 bridgehead atoms. The first-order chi connectivity index (χ1) is 11.7. The zero-order valence-corrected chi connectivity index (χ0v) is 14.8. The predicted octanol–water partition coefficient (Wildman–Crippen LogP) is 1.69. The third-order valence-electron chi connectivity index (χ3n) is 5.03. The Morgan fingerprint density at radius 3 is 2.38 bits per heavy atom. The number of anilines is 1. The topological polar surface area (TPSA) is 47.0 Å². The molecule has 1 amide bonds. The van der Waals surface area contributed by atoms with Gasteiger partial charge in [-0.3, -0.25) is 4.79 Å². The predicted molar refractivity (Wildman–Crippen MR) is 96.5 cm³/mol. The summed E-state index contributed by atoms with van der Waals surface area (Å²) in [5.41, 5.74) is 0.945. The quantitative estimate of drug-likeness (QED) is 0.847. The van der Waals surface area contributed by atoms with Gasteiger partial charge < -0.3 is 19.8 Å². The molecule has 1 aromatic rings. The molecule has 5 nitrogen and oxygen atoms in total. The Balaban J connectivity index is 1.49. The van der Waals surface area contributed by atoms with Gasteiger partial charge in [0.25, 0.3) is 0 Å². The van der Waals surface area contributed by atoms with Crippen LogP contribution >= 0.6 is 11.6 Å². The summed E-state index contributed by atoms with van der Waals surface area (Å²) in [5, 5.41) is 9.61. The van der Waals surface area contributed by atoms with Gasteiger partial charge in [0.15, 0.2) is 0 Å². The van der Waals surface area contributed by atoms with E-state index in [0.29, 0.717) is 5.02 Å². The molecule has 1 aromatic carbocycles. The second-order valence-electron chi connectivity index (χ2n) is 6.67. The van der Waals surface area contributed by atoms with Crippen molar-refractivity contribution in [2.45, 2.75) is 12.8 Å². The van der Waals surface area contributed by atoms with Crippen LogP contribution in [-0.2, 0) is 4.79 Å². The molecule has 1 N–H and O–H groups in total. The third-order valence-corrected chi connectivity index (χ3v) is 5.28. The maximum absolute atomic E-state index is 12.7. The van der Waals surface area contributed by atoms with Gasteiger partial charge in [0.1, 0.15) is 0 Å². The molecule has 6 heteroatoms. The average Bonchev–Trinajstić information content (AvgIpc) is 2.96. The second kappa shape index (κ2) is 8.30. The summed E-state index contributed by atoms with van der Waals surface area (Å²) in [7, 11) is 0. The van der Waals surface area contributed by atoms with E-state index in [2.05, 4.69) is 9.80 Å². The van der Waals surface area contributed by atoms with Gasteiger partial charge in [-0.25, -0.2) is 0 Å². The maximum atomic E-state index is 12.7.